The Bertz CT molecular complexity index is 169. The molecule has 0 aliphatic rings. The Kier molecular flexibility index (Phi) is 6.93. The van der Waals surface area contributed by atoms with Gasteiger partial charge in [-0.1, -0.05) is 44.1 Å². The molecular formula is C13H26. The first-order valence-corrected chi connectivity index (χ1v) is 4.85. The van der Waals surface area contributed by atoms with E-state index >= 15 is 0 Å². The van der Waals surface area contributed by atoms with Gasteiger partial charge in [-0.25, -0.2) is 0 Å². The molecule has 0 fully saturated rings. The highest BCUT2D eigenvalue weighted by molar-refractivity contribution is 5.02. The average molecular weight is 182 g/mol. The minimum absolute atomic E-state index is 0.306. The Morgan fingerprint density at radius 2 is 0.923 bits per heavy atom. The van der Waals surface area contributed by atoms with E-state index in [1.54, 1.807) is 0 Å². The van der Waals surface area contributed by atoms with Gasteiger partial charge in [0.25, 0.3) is 0 Å². The highest BCUT2D eigenvalue weighted by Gasteiger charge is 2.08. The quantitative estimate of drug-likeness (QED) is 0.464. The minimum atomic E-state index is 0.306. The molecule has 13 heavy (non-hydrogen) atoms. The molecule has 0 saturated carbocycles. The molecule has 0 aliphatic heterocycles. The molecule has 0 rings (SSSR count). The van der Waals surface area contributed by atoms with Gasteiger partial charge in [-0.15, -0.1) is 0 Å². The van der Waals surface area contributed by atoms with Crippen LogP contribution in [0.25, 0.3) is 0 Å². The monoisotopic (exact) mass is 182 g/mol. The lowest BCUT2D eigenvalue weighted by molar-refractivity contribution is 0.506. The van der Waals surface area contributed by atoms with Crippen LogP contribution in [0.2, 0.25) is 0 Å². The molecule has 0 saturated heterocycles. The van der Waals surface area contributed by atoms with Crippen LogP contribution in [0.4, 0.5) is 0 Å². The zero-order chi connectivity index (χ0) is 11.2. The standard InChI is InChI=1S/C7H14.C6H12/c1-6(2)7(3,4)5;1-5(2)6(3)4/h1H2,2-5H3;1-4H3. The summed E-state index contributed by atoms with van der Waals surface area (Å²) in [5.74, 6) is 0. The van der Waals surface area contributed by atoms with Gasteiger partial charge < -0.3 is 0 Å². The predicted molar refractivity (Wildman–Crippen MR) is 64.0 cm³/mol. The first-order valence-electron chi connectivity index (χ1n) is 4.85. The molecule has 0 nitrogen and oxygen atoms in total. The molecule has 0 bridgehead atoms. The Hall–Kier alpha value is -0.520. The second-order valence-electron chi connectivity index (χ2n) is 5.03. The first kappa shape index (κ1) is 15.0. The van der Waals surface area contributed by atoms with Crippen LogP contribution in [-0.2, 0) is 0 Å². The molecule has 0 atom stereocenters. The lowest BCUT2D eigenvalue weighted by Crippen LogP contribution is -2.04. The molecule has 0 unspecified atom stereocenters. The first-order chi connectivity index (χ1) is 5.59. The highest BCUT2D eigenvalue weighted by atomic mass is 14.1. The molecule has 0 amide bonds. The summed E-state index contributed by atoms with van der Waals surface area (Å²) in [5.41, 5.74) is 4.40. The smallest absolute Gasteiger partial charge is 0.0178 e. The van der Waals surface area contributed by atoms with Gasteiger partial charge >= 0.3 is 0 Å². The normalized spacial score (nSPS) is 9.85. The van der Waals surface area contributed by atoms with Gasteiger partial charge in [0.2, 0.25) is 0 Å². The maximum atomic E-state index is 3.83. The summed E-state index contributed by atoms with van der Waals surface area (Å²) < 4.78 is 0. The third-order valence-electron chi connectivity index (χ3n) is 2.28. The molecule has 0 aromatic heterocycles. The van der Waals surface area contributed by atoms with Crippen molar-refractivity contribution in [3.8, 4) is 0 Å². The number of hydrogen-bond donors (Lipinski definition) is 0. The van der Waals surface area contributed by atoms with Gasteiger partial charge in [-0.2, -0.15) is 0 Å². The van der Waals surface area contributed by atoms with Crippen molar-refractivity contribution in [1.29, 1.82) is 0 Å². The third-order valence-corrected chi connectivity index (χ3v) is 2.28. The van der Waals surface area contributed by atoms with E-state index in [-0.39, 0.29) is 0 Å². The molecule has 0 heteroatoms. The van der Waals surface area contributed by atoms with Crippen molar-refractivity contribution in [3.05, 3.63) is 23.3 Å². The second kappa shape index (κ2) is 6.01. The van der Waals surface area contributed by atoms with Crippen molar-refractivity contribution in [2.24, 2.45) is 5.41 Å². The van der Waals surface area contributed by atoms with Gasteiger partial charge in [-0.3, -0.25) is 0 Å². The summed E-state index contributed by atoms with van der Waals surface area (Å²) in [5, 5.41) is 0. The largest absolute Gasteiger partial charge is 0.0996 e. The van der Waals surface area contributed by atoms with Crippen LogP contribution in [0.3, 0.4) is 0 Å². The van der Waals surface area contributed by atoms with E-state index in [2.05, 4.69) is 62.0 Å². The Morgan fingerprint density at radius 3 is 0.923 bits per heavy atom. The van der Waals surface area contributed by atoms with Gasteiger partial charge in [-0.05, 0) is 40.0 Å². The average Bonchev–Trinajstić information content (AvgIpc) is 1.86. The number of allylic oxidation sites excluding steroid dienone is 3. The predicted octanol–water partition coefficient (Wildman–Crippen LogP) is 4.97. The molecule has 0 N–H and O–H groups in total. The molecular weight excluding hydrogens is 156 g/mol. The fourth-order valence-electron chi connectivity index (χ4n) is 0. The summed E-state index contributed by atoms with van der Waals surface area (Å²) in [6.45, 7) is 20.8. The topological polar surface area (TPSA) is 0 Å². The second-order valence-corrected chi connectivity index (χ2v) is 5.03. The van der Waals surface area contributed by atoms with E-state index in [4.69, 9.17) is 0 Å². The summed E-state index contributed by atoms with van der Waals surface area (Å²) in [6.07, 6.45) is 0. The van der Waals surface area contributed by atoms with E-state index in [1.807, 2.05) is 0 Å². The zero-order valence-electron chi connectivity index (χ0n) is 10.7. The fourth-order valence-corrected chi connectivity index (χ4v) is 0. The molecule has 0 heterocycles. The van der Waals surface area contributed by atoms with Crippen molar-refractivity contribution < 1.29 is 0 Å². The minimum Gasteiger partial charge on any atom is -0.0996 e. The van der Waals surface area contributed by atoms with Gasteiger partial charge in [0.15, 0.2) is 0 Å². The Morgan fingerprint density at radius 1 is 0.769 bits per heavy atom. The van der Waals surface area contributed by atoms with Crippen LogP contribution in [0.1, 0.15) is 55.4 Å². The van der Waals surface area contributed by atoms with Gasteiger partial charge in [0.05, 0.1) is 0 Å². The van der Waals surface area contributed by atoms with Crippen molar-refractivity contribution >= 4 is 0 Å². The Balaban J connectivity index is 0. The maximum Gasteiger partial charge on any atom is -0.0178 e. The van der Waals surface area contributed by atoms with Crippen molar-refractivity contribution in [2.45, 2.75) is 55.4 Å². The van der Waals surface area contributed by atoms with Gasteiger partial charge in [0.1, 0.15) is 0 Å². The zero-order valence-corrected chi connectivity index (χ0v) is 10.7. The van der Waals surface area contributed by atoms with Crippen LogP contribution in [0, 0.1) is 5.41 Å². The summed E-state index contributed by atoms with van der Waals surface area (Å²) >= 11 is 0. The van der Waals surface area contributed by atoms with Gasteiger partial charge in [0, 0.05) is 0 Å². The van der Waals surface area contributed by atoms with E-state index < -0.39 is 0 Å². The molecule has 0 aliphatic carbocycles. The van der Waals surface area contributed by atoms with Crippen LogP contribution in [-0.4, -0.2) is 0 Å². The maximum absolute atomic E-state index is 3.83. The third kappa shape index (κ3) is 11.5. The molecule has 78 valence electrons. The molecule has 0 aromatic carbocycles. The van der Waals surface area contributed by atoms with E-state index in [1.165, 1.54) is 16.7 Å². The van der Waals surface area contributed by atoms with E-state index in [9.17, 15) is 0 Å². The summed E-state index contributed by atoms with van der Waals surface area (Å²) in [6, 6.07) is 0. The van der Waals surface area contributed by atoms with Crippen LogP contribution in [0.5, 0.6) is 0 Å². The molecule has 0 radical (unpaired) electrons. The number of rotatable bonds is 0. The van der Waals surface area contributed by atoms with Crippen LogP contribution in [0.15, 0.2) is 23.3 Å². The lowest BCUT2D eigenvalue weighted by atomic mass is 9.89. The van der Waals surface area contributed by atoms with Crippen LogP contribution < -0.4 is 0 Å². The fraction of sp³-hybridized carbons (Fsp3) is 0.692. The van der Waals surface area contributed by atoms with E-state index in [0.29, 0.717) is 5.41 Å². The van der Waals surface area contributed by atoms with E-state index in [0.717, 1.165) is 0 Å². The molecule has 0 aromatic rings. The van der Waals surface area contributed by atoms with Crippen molar-refractivity contribution in [1.82, 2.24) is 0 Å². The summed E-state index contributed by atoms with van der Waals surface area (Å²) in [7, 11) is 0. The van der Waals surface area contributed by atoms with Crippen molar-refractivity contribution in [2.75, 3.05) is 0 Å². The summed E-state index contributed by atoms with van der Waals surface area (Å²) in [4.78, 5) is 0. The number of hydrogen-bond acceptors (Lipinski definition) is 0. The van der Waals surface area contributed by atoms with Crippen LogP contribution >= 0.6 is 0 Å². The molecule has 0 spiro atoms. The SMILES string of the molecule is C=C(C)C(C)(C)C.CC(C)=C(C)C. The Labute approximate surface area is 84.7 Å². The highest BCUT2D eigenvalue weighted by Crippen LogP contribution is 2.21. The lowest BCUT2D eigenvalue weighted by Gasteiger charge is -2.16. The van der Waals surface area contributed by atoms with Crippen molar-refractivity contribution in [3.63, 3.8) is 0 Å².